The van der Waals surface area contributed by atoms with Gasteiger partial charge in [-0.2, -0.15) is 0 Å². The van der Waals surface area contributed by atoms with Gasteiger partial charge in [-0.15, -0.1) is 0 Å². The smallest absolute Gasteiger partial charge is 0.328 e. The van der Waals surface area contributed by atoms with E-state index in [1.165, 1.54) is 12.0 Å². The van der Waals surface area contributed by atoms with Crippen molar-refractivity contribution < 1.29 is 23.9 Å². The number of methoxy groups -OCH3 is 1. The highest BCUT2D eigenvalue weighted by molar-refractivity contribution is 6.02. The van der Waals surface area contributed by atoms with Crippen LogP contribution in [-0.2, 0) is 30.3 Å². The Morgan fingerprint density at radius 3 is 1.93 bits per heavy atom. The molecule has 0 aromatic heterocycles. The van der Waals surface area contributed by atoms with E-state index in [0.29, 0.717) is 18.5 Å². The monoisotopic (exact) mass is 544 g/mol. The van der Waals surface area contributed by atoms with Gasteiger partial charge in [-0.05, 0) is 61.4 Å². The lowest BCUT2D eigenvalue weighted by Gasteiger charge is -2.34. The summed E-state index contributed by atoms with van der Waals surface area (Å²) in [7, 11) is 1.30. The maximum Gasteiger partial charge on any atom is 0.328 e. The summed E-state index contributed by atoms with van der Waals surface area (Å²) in [5.74, 6) is -1.45. The SMILES string of the molecule is CCOC(=O)[C@H](CCc1ccccc1)N[C@H](C(=O)N(c1ccc(-c2ccccc2)cc1)[C@@H](C)C(=O)OC)C(C)C. The van der Waals surface area contributed by atoms with E-state index < -0.39 is 30.1 Å². The van der Waals surface area contributed by atoms with Gasteiger partial charge < -0.3 is 9.47 Å². The summed E-state index contributed by atoms with van der Waals surface area (Å²) in [5.41, 5.74) is 3.69. The molecule has 40 heavy (non-hydrogen) atoms. The maximum absolute atomic E-state index is 14.2. The van der Waals surface area contributed by atoms with Crippen LogP contribution < -0.4 is 10.2 Å². The average molecular weight is 545 g/mol. The van der Waals surface area contributed by atoms with Crippen molar-refractivity contribution in [3.05, 3.63) is 90.5 Å². The molecule has 0 bridgehead atoms. The fraction of sp³-hybridized carbons (Fsp3) is 0.364. The first-order chi connectivity index (χ1) is 19.3. The molecule has 0 aliphatic rings. The molecule has 1 amide bonds. The maximum atomic E-state index is 14.2. The Morgan fingerprint density at radius 2 is 1.38 bits per heavy atom. The van der Waals surface area contributed by atoms with Crippen LogP contribution in [0.4, 0.5) is 5.69 Å². The average Bonchev–Trinajstić information content (AvgIpc) is 2.98. The molecule has 0 saturated carbocycles. The first kappa shape index (κ1) is 30.6. The molecule has 7 nitrogen and oxygen atoms in total. The summed E-state index contributed by atoms with van der Waals surface area (Å²) >= 11 is 0. The Bertz CT molecular complexity index is 1230. The fourth-order valence-corrected chi connectivity index (χ4v) is 4.65. The number of hydrogen-bond acceptors (Lipinski definition) is 6. The molecule has 1 N–H and O–H groups in total. The van der Waals surface area contributed by atoms with Crippen molar-refractivity contribution in [1.29, 1.82) is 0 Å². The van der Waals surface area contributed by atoms with Crippen molar-refractivity contribution in [2.45, 2.75) is 58.7 Å². The fourth-order valence-electron chi connectivity index (χ4n) is 4.65. The molecule has 0 saturated heterocycles. The van der Waals surface area contributed by atoms with Crippen LogP contribution in [0.1, 0.15) is 39.7 Å². The molecule has 3 rings (SSSR count). The minimum Gasteiger partial charge on any atom is -0.467 e. The number of hydrogen-bond donors (Lipinski definition) is 1. The summed E-state index contributed by atoms with van der Waals surface area (Å²) in [6.45, 7) is 7.46. The van der Waals surface area contributed by atoms with Crippen LogP contribution in [0.2, 0.25) is 0 Å². The van der Waals surface area contributed by atoms with Crippen LogP contribution in [0.3, 0.4) is 0 Å². The number of amides is 1. The number of nitrogens with zero attached hydrogens (tertiary/aromatic N) is 1. The zero-order chi connectivity index (χ0) is 29.1. The normalized spacial score (nSPS) is 13.2. The molecule has 0 spiro atoms. The van der Waals surface area contributed by atoms with Crippen molar-refractivity contribution in [2.75, 3.05) is 18.6 Å². The summed E-state index contributed by atoms with van der Waals surface area (Å²) in [4.78, 5) is 41.3. The van der Waals surface area contributed by atoms with Gasteiger partial charge in [-0.1, -0.05) is 86.6 Å². The highest BCUT2D eigenvalue weighted by Crippen LogP contribution is 2.26. The summed E-state index contributed by atoms with van der Waals surface area (Å²) in [6.07, 6.45) is 1.09. The molecule has 3 atom stereocenters. The molecule has 3 aromatic rings. The third-order valence-electron chi connectivity index (χ3n) is 6.87. The molecule has 3 aromatic carbocycles. The Balaban J connectivity index is 1.92. The summed E-state index contributed by atoms with van der Waals surface area (Å²) in [5, 5.41) is 3.29. The largest absolute Gasteiger partial charge is 0.467 e. The van der Waals surface area contributed by atoms with Gasteiger partial charge in [0.05, 0.1) is 19.8 Å². The van der Waals surface area contributed by atoms with Crippen LogP contribution in [-0.4, -0.2) is 49.7 Å². The highest BCUT2D eigenvalue weighted by Gasteiger charge is 2.36. The second-order valence-electron chi connectivity index (χ2n) is 10.0. The first-order valence-corrected chi connectivity index (χ1v) is 13.8. The number of esters is 2. The van der Waals surface area contributed by atoms with Gasteiger partial charge in [0, 0.05) is 5.69 Å². The van der Waals surface area contributed by atoms with Gasteiger partial charge in [0.15, 0.2) is 0 Å². The van der Waals surface area contributed by atoms with Crippen molar-refractivity contribution >= 4 is 23.5 Å². The Morgan fingerprint density at radius 1 is 0.800 bits per heavy atom. The van der Waals surface area contributed by atoms with E-state index in [1.807, 2.05) is 98.8 Å². The predicted octanol–water partition coefficient (Wildman–Crippen LogP) is 5.43. The molecule has 212 valence electrons. The minimum absolute atomic E-state index is 0.183. The van der Waals surface area contributed by atoms with E-state index >= 15 is 0 Å². The van der Waals surface area contributed by atoms with Crippen LogP contribution in [0.25, 0.3) is 11.1 Å². The lowest BCUT2D eigenvalue weighted by atomic mass is 9.97. The Labute approximate surface area is 237 Å². The topological polar surface area (TPSA) is 84.9 Å². The van der Waals surface area contributed by atoms with Crippen molar-refractivity contribution in [2.24, 2.45) is 5.92 Å². The number of carbonyl (C=O) groups excluding carboxylic acids is 3. The third-order valence-corrected chi connectivity index (χ3v) is 6.87. The lowest BCUT2D eigenvalue weighted by molar-refractivity contribution is -0.147. The molecular formula is C33H40N2O5. The second-order valence-corrected chi connectivity index (χ2v) is 10.0. The molecule has 7 heteroatoms. The molecular weight excluding hydrogens is 504 g/mol. The second kappa shape index (κ2) is 15.0. The van der Waals surface area contributed by atoms with Crippen LogP contribution in [0, 0.1) is 5.92 Å². The van der Waals surface area contributed by atoms with Gasteiger partial charge in [0.1, 0.15) is 12.1 Å². The zero-order valence-corrected chi connectivity index (χ0v) is 24.0. The molecule has 0 unspecified atom stereocenters. The third kappa shape index (κ3) is 8.02. The van der Waals surface area contributed by atoms with Gasteiger partial charge in [-0.3, -0.25) is 19.8 Å². The molecule has 0 fully saturated rings. The van der Waals surface area contributed by atoms with E-state index in [9.17, 15) is 14.4 Å². The van der Waals surface area contributed by atoms with E-state index in [4.69, 9.17) is 9.47 Å². The Kier molecular flexibility index (Phi) is 11.5. The number of ether oxygens (including phenoxy) is 2. The van der Waals surface area contributed by atoms with Crippen LogP contribution >= 0.6 is 0 Å². The number of rotatable bonds is 13. The van der Waals surface area contributed by atoms with E-state index in [2.05, 4.69) is 5.32 Å². The summed E-state index contributed by atoms with van der Waals surface area (Å²) < 4.78 is 10.4. The van der Waals surface area contributed by atoms with Gasteiger partial charge in [0.2, 0.25) is 5.91 Å². The standard InChI is InChI=1S/C33H40N2O5/c1-6-40-33(38)29(22-17-25-13-9-7-10-14-25)34-30(23(2)3)31(36)35(24(4)32(37)39-5)28-20-18-27(19-21-28)26-15-11-8-12-16-26/h7-16,18-21,23-24,29-30,34H,6,17,22H2,1-5H3/t24-,29-,30-/m0/s1. The molecule has 0 aliphatic heterocycles. The number of benzene rings is 3. The number of carbonyl (C=O) groups is 3. The van der Waals surface area contributed by atoms with Gasteiger partial charge >= 0.3 is 11.9 Å². The predicted molar refractivity (Wildman–Crippen MR) is 158 cm³/mol. The Hall–Kier alpha value is -3.97. The first-order valence-electron chi connectivity index (χ1n) is 13.8. The van der Waals surface area contributed by atoms with E-state index in [-0.39, 0.29) is 18.4 Å². The quantitative estimate of drug-likeness (QED) is 0.289. The van der Waals surface area contributed by atoms with Gasteiger partial charge in [0.25, 0.3) is 0 Å². The number of nitrogens with one attached hydrogen (secondary N) is 1. The molecule has 0 aliphatic carbocycles. The van der Waals surface area contributed by atoms with Crippen LogP contribution in [0.5, 0.6) is 0 Å². The number of aryl methyl sites for hydroxylation is 1. The van der Waals surface area contributed by atoms with Crippen LogP contribution in [0.15, 0.2) is 84.9 Å². The van der Waals surface area contributed by atoms with E-state index in [0.717, 1.165) is 16.7 Å². The van der Waals surface area contributed by atoms with E-state index in [1.54, 1.807) is 13.8 Å². The summed E-state index contributed by atoms with van der Waals surface area (Å²) in [6, 6.07) is 25.0. The zero-order valence-electron chi connectivity index (χ0n) is 24.0. The van der Waals surface area contributed by atoms with Gasteiger partial charge in [-0.25, -0.2) is 4.79 Å². The van der Waals surface area contributed by atoms with Crippen molar-refractivity contribution in [1.82, 2.24) is 5.32 Å². The lowest BCUT2D eigenvalue weighted by Crippen LogP contribution is -2.57. The number of anilines is 1. The highest BCUT2D eigenvalue weighted by atomic mass is 16.5. The molecule has 0 heterocycles. The van der Waals surface area contributed by atoms with Crippen molar-refractivity contribution in [3.63, 3.8) is 0 Å². The molecule has 0 radical (unpaired) electrons. The minimum atomic E-state index is -0.881. The van der Waals surface area contributed by atoms with Crippen molar-refractivity contribution in [3.8, 4) is 11.1 Å².